The lowest BCUT2D eigenvalue weighted by molar-refractivity contribution is 0.0746. The van der Waals surface area contributed by atoms with E-state index < -0.39 is 6.10 Å². The van der Waals surface area contributed by atoms with Crippen molar-refractivity contribution in [3.63, 3.8) is 0 Å². The van der Waals surface area contributed by atoms with Gasteiger partial charge in [0, 0.05) is 25.8 Å². The minimum absolute atomic E-state index is 0.264. The number of benzene rings is 1. The molecule has 3 rings (SSSR count). The van der Waals surface area contributed by atoms with Crippen LogP contribution in [0.5, 0.6) is 11.5 Å². The van der Waals surface area contributed by atoms with Gasteiger partial charge in [0.25, 0.3) is 0 Å². The van der Waals surface area contributed by atoms with Gasteiger partial charge in [-0.05, 0) is 62.8 Å². The summed E-state index contributed by atoms with van der Waals surface area (Å²) in [6.45, 7) is 4.61. The molecule has 0 unspecified atom stereocenters. The number of hydrogen-bond donors (Lipinski definition) is 1. The van der Waals surface area contributed by atoms with Crippen molar-refractivity contribution in [1.29, 1.82) is 0 Å². The summed E-state index contributed by atoms with van der Waals surface area (Å²) < 4.78 is 11.3. The van der Waals surface area contributed by atoms with E-state index in [1.807, 2.05) is 42.6 Å². The first-order valence-corrected chi connectivity index (χ1v) is 9.92. The number of methoxy groups -OCH3 is 1. The molecule has 1 aromatic carbocycles. The number of likely N-dealkylation sites (tertiary alicyclic amines) is 1. The minimum Gasteiger partial charge on any atom is -0.493 e. The largest absolute Gasteiger partial charge is 0.493 e. The smallest absolute Gasteiger partial charge is 0.161 e. The highest BCUT2D eigenvalue weighted by Crippen LogP contribution is 2.29. The van der Waals surface area contributed by atoms with Crippen molar-refractivity contribution in [2.45, 2.75) is 32.0 Å². The fourth-order valence-corrected chi connectivity index (χ4v) is 3.57. The lowest BCUT2D eigenvalue weighted by Crippen LogP contribution is -2.33. The van der Waals surface area contributed by atoms with Crippen molar-refractivity contribution in [3.05, 3.63) is 53.9 Å². The van der Waals surface area contributed by atoms with Crippen molar-refractivity contribution in [3.8, 4) is 11.5 Å². The first-order chi connectivity index (χ1) is 13.6. The van der Waals surface area contributed by atoms with Crippen molar-refractivity contribution in [2.75, 3.05) is 40.4 Å². The summed E-state index contributed by atoms with van der Waals surface area (Å²) in [5, 5.41) is 10.3. The van der Waals surface area contributed by atoms with Crippen LogP contribution in [0.2, 0.25) is 0 Å². The van der Waals surface area contributed by atoms with Gasteiger partial charge in [0.2, 0.25) is 0 Å². The number of nitrogens with zero attached hydrogens (tertiary/aromatic N) is 3. The molecule has 0 spiro atoms. The lowest BCUT2D eigenvalue weighted by Gasteiger charge is -2.21. The van der Waals surface area contributed by atoms with Gasteiger partial charge in [0.1, 0.15) is 12.7 Å². The van der Waals surface area contributed by atoms with Crippen LogP contribution in [0.25, 0.3) is 0 Å². The molecule has 1 atom stereocenters. The van der Waals surface area contributed by atoms with Crippen LogP contribution in [0.15, 0.2) is 42.6 Å². The summed E-state index contributed by atoms with van der Waals surface area (Å²) in [5.41, 5.74) is 2.17. The molecule has 6 heteroatoms. The third kappa shape index (κ3) is 6.19. The normalized spacial score (nSPS) is 15.7. The molecule has 152 valence electrons. The quantitative estimate of drug-likeness (QED) is 0.678. The molecule has 1 N–H and O–H groups in total. The molecule has 1 fully saturated rings. The van der Waals surface area contributed by atoms with E-state index in [0.717, 1.165) is 37.4 Å². The Bertz CT molecular complexity index is 720. The second-order valence-corrected chi connectivity index (χ2v) is 7.45. The highest BCUT2D eigenvalue weighted by Gasteiger charge is 2.17. The number of pyridine rings is 1. The van der Waals surface area contributed by atoms with Crippen LogP contribution in [-0.4, -0.2) is 66.4 Å². The van der Waals surface area contributed by atoms with E-state index in [1.54, 1.807) is 7.11 Å². The van der Waals surface area contributed by atoms with E-state index >= 15 is 0 Å². The molecule has 6 nitrogen and oxygen atoms in total. The highest BCUT2D eigenvalue weighted by atomic mass is 16.5. The Labute approximate surface area is 167 Å². The van der Waals surface area contributed by atoms with Gasteiger partial charge in [-0.25, -0.2) is 0 Å². The average Bonchev–Trinajstić information content (AvgIpc) is 3.20. The molecule has 1 aliphatic rings. The predicted molar refractivity (Wildman–Crippen MR) is 110 cm³/mol. The average molecular weight is 386 g/mol. The zero-order valence-electron chi connectivity index (χ0n) is 16.9. The van der Waals surface area contributed by atoms with Crippen LogP contribution >= 0.6 is 0 Å². The highest BCUT2D eigenvalue weighted by molar-refractivity contribution is 5.43. The van der Waals surface area contributed by atoms with Gasteiger partial charge in [0.05, 0.1) is 12.8 Å². The fraction of sp³-hybridized carbons (Fsp3) is 0.500. The van der Waals surface area contributed by atoms with Crippen molar-refractivity contribution in [2.24, 2.45) is 0 Å². The Morgan fingerprint density at radius 1 is 1.14 bits per heavy atom. The Hall–Kier alpha value is -2.15. The number of ether oxygens (including phenoxy) is 2. The van der Waals surface area contributed by atoms with Gasteiger partial charge >= 0.3 is 0 Å². The molecular weight excluding hydrogens is 354 g/mol. The Morgan fingerprint density at radius 3 is 2.68 bits per heavy atom. The third-order valence-electron chi connectivity index (χ3n) is 4.94. The summed E-state index contributed by atoms with van der Waals surface area (Å²) in [5.74, 6) is 1.36. The summed E-state index contributed by atoms with van der Waals surface area (Å²) in [6.07, 6.45) is 3.75. The number of aliphatic hydroxyl groups excluding tert-OH is 1. The molecule has 2 aromatic rings. The van der Waals surface area contributed by atoms with Crippen LogP contribution in [0.4, 0.5) is 0 Å². The Kier molecular flexibility index (Phi) is 7.65. The van der Waals surface area contributed by atoms with Crippen LogP contribution < -0.4 is 9.47 Å². The third-order valence-corrected chi connectivity index (χ3v) is 4.94. The van der Waals surface area contributed by atoms with Crippen molar-refractivity contribution in [1.82, 2.24) is 14.8 Å². The van der Waals surface area contributed by atoms with Crippen LogP contribution in [-0.2, 0) is 13.1 Å². The molecule has 0 amide bonds. The second kappa shape index (κ2) is 10.4. The van der Waals surface area contributed by atoms with Crippen LogP contribution in [0.1, 0.15) is 24.1 Å². The van der Waals surface area contributed by atoms with Crippen molar-refractivity contribution >= 4 is 0 Å². The summed E-state index contributed by atoms with van der Waals surface area (Å²) >= 11 is 0. The molecule has 0 saturated carbocycles. The first-order valence-electron chi connectivity index (χ1n) is 9.92. The van der Waals surface area contributed by atoms with Gasteiger partial charge in [-0.2, -0.15) is 0 Å². The van der Waals surface area contributed by atoms with E-state index in [2.05, 4.69) is 21.8 Å². The molecule has 0 radical (unpaired) electrons. The molecule has 2 heterocycles. The number of rotatable bonds is 10. The van der Waals surface area contributed by atoms with E-state index in [4.69, 9.17) is 9.47 Å². The predicted octanol–water partition coefficient (Wildman–Crippen LogP) is 2.56. The zero-order chi connectivity index (χ0) is 19.8. The fourth-order valence-electron chi connectivity index (χ4n) is 3.57. The maximum absolute atomic E-state index is 10.3. The van der Waals surface area contributed by atoms with Crippen LogP contribution in [0, 0.1) is 0 Å². The minimum atomic E-state index is -0.502. The number of β-amino-alcohol motifs (C(OH)–C–C–N with tert-alkyl or cyclic N) is 1. The van der Waals surface area contributed by atoms with E-state index in [9.17, 15) is 5.11 Å². The Balaban J connectivity index is 1.56. The van der Waals surface area contributed by atoms with Gasteiger partial charge < -0.3 is 19.5 Å². The monoisotopic (exact) mass is 385 g/mol. The van der Waals surface area contributed by atoms with Gasteiger partial charge in [0.15, 0.2) is 11.5 Å². The number of aliphatic hydroxyl groups is 1. The molecule has 0 aliphatic carbocycles. The maximum Gasteiger partial charge on any atom is 0.161 e. The van der Waals surface area contributed by atoms with E-state index in [1.165, 1.54) is 12.8 Å². The standard InChI is InChI=1S/C22H31N3O3/c1-24(15-19-7-3-4-10-23-19)14-18-8-9-21(27-2)22(13-18)28-17-20(26)16-25-11-5-6-12-25/h3-4,7-10,13,20,26H,5-6,11-12,14-17H2,1-2H3/t20-/m0/s1. The maximum atomic E-state index is 10.3. The van der Waals surface area contributed by atoms with Gasteiger partial charge in [-0.3, -0.25) is 9.88 Å². The molecular formula is C22H31N3O3. The summed E-state index contributed by atoms with van der Waals surface area (Å²) in [6, 6.07) is 11.9. The van der Waals surface area contributed by atoms with Gasteiger partial charge in [-0.15, -0.1) is 0 Å². The van der Waals surface area contributed by atoms with E-state index in [-0.39, 0.29) is 6.61 Å². The first kappa shape index (κ1) is 20.6. The van der Waals surface area contributed by atoms with E-state index in [0.29, 0.717) is 18.0 Å². The topological polar surface area (TPSA) is 58.1 Å². The number of hydrogen-bond acceptors (Lipinski definition) is 6. The molecule has 0 bridgehead atoms. The number of aromatic nitrogens is 1. The zero-order valence-corrected chi connectivity index (χ0v) is 16.9. The molecule has 28 heavy (non-hydrogen) atoms. The van der Waals surface area contributed by atoms with Gasteiger partial charge in [-0.1, -0.05) is 12.1 Å². The SMILES string of the molecule is COc1ccc(CN(C)Cc2ccccn2)cc1OC[C@@H](O)CN1CCCC1. The summed E-state index contributed by atoms with van der Waals surface area (Å²) in [7, 11) is 3.70. The second-order valence-electron chi connectivity index (χ2n) is 7.45. The Morgan fingerprint density at radius 2 is 1.96 bits per heavy atom. The molecule has 1 aromatic heterocycles. The van der Waals surface area contributed by atoms with Crippen molar-refractivity contribution < 1.29 is 14.6 Å². The lowest BCUT2D eigenvalue weighted by atomic mass is 10.2. The van der Waals surface area contributed by atoms with Crippen LogP contribution in [0.3, 0.4) is 0 Å². The summed E-state index contributed by atoms with van der Waals surface area (Å²) in [4.78, 5) is 8.87. The molecule has 1 saturated heterocycles. The molecule has 1 aliphatic heterocycles.